The number of carbonyl (C=O) groups is 1. The average Bonchev–Trinajstić information content (AvgIpc) is 2.11. The average molecular weight is 228 g/mol. The first-order valence-corrected chi connectivity index (χ1v) is 6.23. The lowest BCUT2D eigenvalue weighted by atomic mass is 9.82. The molecule has 0 fully saturated rings. The molecular formula is C13H28N2O. The topological polar surface area (TPSA) is 41.1 Å². The molecule has 1 atom stereocenters. The Balaban J connectivity index is 3.66. The molecule has 96 valence electrons. The fraction of sp³-hybridized carbons (Fsp3) is 0.923. The van der Waals surface area contributed by atoms with E-state index >= 15 is 0 Å². The van der Waals surface area contributed by atoms with Crippen LogP contribution in [0.1, 0.15) is 48.0 Å². The van der Waals surface area contributed by atoms with Crippen LogP contribution in [0.15, 0.2) is 0 Å². The first kappa shape index (κ1) is 15.4. The first-order chi connectivity index (χ1) is 7.23. The molecule has 0 aromatic heterocycles. The van der Waals surface area contributed by atoms with Crippen molar-refractivity contribution in [2.24, 2.45) is 11.3 Å². The zero-order valence-electron chi connectivity index (χ0n) is 11.7. The van der Waals surface area contributed by atoms with Crippen LogP contribution in [-0.2, 0) is 4.79 Å². The summed E-state index contributed by atoms with van der Waals surface area (Å²) in [6, 6.07) is 0.446. The van der Waals surface area contributed by atoms with Gasteiger partial charge < -0.3 is 10.6 Å². The molecule has 0 saturated carbocycles. The number of amides is 1. The summed E-state index contributed by atoms with van der Waals surface area (Å²) >= 11 is 0. The number of hydrogen-bond donors (Lipinski definition) is 2. The molecule has 0 aliphatic carbocycles. The van der Waals surface area contributed by atoms with E-state index in [0.717, 1.165) is 13.1 Å². The van der Waals surface area contributed by atoms with E-state index in [0.29, 0.717) is 18.4 Å². The molecule has 0 saturated heterocycles. The fourth-order valence-electron chi connectivity index (χ4n) is 1.14. The number of carbonyl (C=O) groups excluding carboxylic acids is 1. The highest BCUT2D eigenvalue weighted by Crippen LogP contribution is 2.24. The van der Waals surface area contributed by atoms with Gasteiger partial charge in [-0.3, -0.25) is 4.79 Å². The third-order valence-corrected chi connectivity index (χ3v) is 2.99. The van der Waals surface area contributed by atoms with E-state index in [-0.39, 0.29) is 11.3 Å². The van der Waals surface area contributed by atoms with Gasteiger partial charge in [-0.1, -0.05) is 41.5 Å². The van der Waals surface area contributed by atoms with E-state index in [1.165, 1.54) is 0 Å². The van der Waals surface area contributed by atoms with E-state index < -0.39 is 0 Å². The minimum absolute atomic E-state index is 0.143. The summed E-state index contributed by atoms with van der Waals surface area (Å²) in [6.07, 6.45) is 0.565. The molecule has 16 heavy (non-hydrogen) atoms. The maximum atomic E-state index is 11.5. The van der Waals surface area contributed by atoms with Gasteiger partial charge in [0.2, 0.25) is 5.91 Å². The van der Waals surface area contributed by atoms with Gasteiger partial charge >= 0.3 is 0 Å². The lowest BCUT2D eigenvalue weighted by Gasteiger charge is -2.27. The molecule has 0 rings (SSSR count). The van der Waals surface area contributed by atoms with Crippen LogP contribution in [0.25, 0.3) is 0 Å². The molecule has 1 amide bonds. The van der Waals surface area contributed by atoms with Crippen LogP contribution < -0.4 is 10.6 Å². The van der Waals surface area contributed by atoms with Crippen molar-refractivity contribution in [2.75, 3.05) is 13.1 Å². The molecule has 0 heterocycles. The van der Waals surface area contributed by atoms with Gasteiger partial charge in [0.25, 0.3) is 0 Å². The Morgan fingerprint density at radius 2 is 1.75 bits per heavy atom. The highest BCUT2D eigenvalue weighted by molar-refractivity contribution is 5.76. The summed E-state index contributed by atoms with van der Waals surface area (Å²) in [5.41, 5.74) is 0.253. The molecule has 0 spiro atoms. The Morgan fingerprint density at radius 3 is 2.19 bits per heavy atom. The zero-order valence-corrected chi connectivity index (χ0v) is 11.7. The van der Waals surface area contributed by atoms with Crippen LogP contribution in [0.4, 0.5) is 0 Å². The summed E-state index contributed by atoms with van der Waals surface area (Å²) in [6.45, 7) is 14.5. The van der Waals surface area contributed by atoms with Gasteiger partial charge in [0.15, 0.2) is 0 Å². The predicted molar refractivity (Wildman–Crippen MR) is 69.4 cm³/mol. The molecule has 1 unspecified atom stereocenters. The van der Waals surface area contributed by atoms with E-state index in [4.69, 9.17) is 0 Å². The van der Waals surface area contributed by atoms with Crippen molar-refractivity contribution < 1.29 is 4.79 Å². The second kappa shape index (κ2) is 6.89. The number of hydrogen-bond acceptors (Lipinski definition) is 2. The molecule has 3 nitrogen and oxygen atoms in total. The van der Waals surface area contributed by atoms with Crippen molar-refractivity contribution in [3.05, 3.63) is 0 Å². The van der Waals surface area contributed by atoms with Crippen LogP contribution in [0.5, 0.6) is 0 Å². The van der Waals surface area contributed by atoms with Gasteiger partial charge in [-0.25, -0.2) is 0 Å². The molecule has 2 N–H and O–H groups in total. The van der Waals surface area contributed by atoms with E-state index in [9.17, 15) is 4.79 Å². The quantitative estimate of drug-likeness (QED) is 0.731. The maximum absolute atomic E-state index is 11.5. The van der Waals surface area contributed by atoms with Crippen LogP contribution in [0.3, 0.4) is 0 Å². The molecular weight excluding hydrogens is 200 g/mol. The molecule has 0 aromatic carbocycles. The zero-order chi connectivity index (χ0) is 12.8. The molecule has 0 aromatic rings. The van der Waals surface area contributed by atoms with Gasteiger partial charge in [-0.2, -0.15) is 0 Å². The van der Waals surface area contributed by atoms with Crippen molar-refractivity contribution >= 4 is 5.91 Å². The fourth-order valence-corrected chi connectivity index (χ4v) is 1.14. The SMILES string of the molecule is CC(C)NCCC(=O)NCC(C)C(C)(C)C. The summed E-state index contributed by atoms with van der Waals surface area (Å²) < 4.78 is 0. The van der Waals surface area contributed by atoms with Gasteiger partial charge in [-0.15, -0.1) is 0 Å². The van der Waals surface area contributed by atoms with E-state index in [1.54, 1.807) is 0 Å². The summed E-state index contributed by atoms with van der Waals surface area (Å²) in [4.78, 5) is 11.5. The Hall–Kier alpha value is -0.570. The lowest BCUT2D eigenvalue weighted by Crippen LogP contribution is -2.35. The molecule has 0 bridgehead atoms. The van der Waals surface area contributed by atoms with Gasteiger partial charge in [0.05, 0.1) is 0 Å². The largest absolute Gasteiger partial charge is 0.356 e. The van der Waals surface area contributed by atoms with Crippen LogP contribution in [-0.4, -0.2) is 25.0 Å². The minimum Gasteiger partial charge on any atom is -0.356 e. The monoisotopic (exact) mass is 228 g/mol. The van der Waals surface area contributed by atoms with Gasteiger partial charge in [0, 0.05) is 25.6 Å². The standard InChI is InChI=1S/C13H28N2O/c1-10(2)14-8-7-12(16)15-9-11(3)13(4,5)6/h10-11,14H,7-9H2,1-6H3,(H,15,16). The summed E-state index contributed by atoms with van der Waals surface area (Å²) in [5.74, 6) is 0.638. The van der Waals surface area contributed by atoms with Crippen molar-refractivity contribution in [3.8, 4) is 0 Å². The van der Waals surface area contributed by atoms with Gasteiger partial charge in [-0.05, 0) is 11.3 Å². The smallest absolute Gasteiger partial charge is 0.221 e. The Morgan fingerprint density at radius 1 is 1.19 bits per heavy atom. The predicted octanol–water partition coefficient (Wildman–Crippen LogP) is 2.17. The Kier molecular flexibility index (Phi) is 6.65. The third-order valence-electron chi connectivity index (χ3n) is 2.99. The minimum atomic E-state index is 0.143. The van der Waals surface area contributed by atoms with E-state index in [1.807, 2.05) is 0 Å². The van der Waals surface area contributed by atoms with Crippen molar-refractivity contribution in [3.63, 3.8) is 0 Å². The molecule has 3 heteroatoms. The molecule has 0 aliphatic heterocycles. The van der Waals surface area contributed by atoms with Gasteiger partial charge in [0.1, 0.15) is 0 Å². The van der Waals surface area contributed by atoms with Crippen molar-refractivity contribution in [1.29, 1.82) is 0 Å². The second-order valence-corrected chi connectivity index (χ2v) is 5.93. The van der Waals surface area contributed by atoms with Crippen LogP contribution in [0, 0.1) is 11.3 Å². The number of rotatable bonds is 6. The lowest BCUT2D eigenvalue weighted by molar-refractivity contribution is -0.121. The molecule has 0 aliphatic rings. The van der Waals surface area contributed by atoms with Crippen LogP contribution in [0.2, 0.25) is 0 Å². The van der Waals surface area contributed by atoms with Crippen molar-refractivity contribution in [1.82, 2.24) is 10.6 Å². The molecule has 0 radical (unpaired) electrons. The Labute approximate surface area is 100 Å². The number of nitrogens with one attached hydrogen (secondary N) is 2. The summed E-state index contributed by atoms with van der Waals surface area (Å²) in [5, 5.41) is 6.22. The highest BCUT2D eigenvalue weighted by atomic mass is 16.1. The van der Waals surface area contributed by atoms with Crippen molar-refractivity contribution in [2.45, 2.75) is 54.0 Å². The maximum Gasteiger partial charge on any atom is 0.221 e. The summed E-state index contributed by atoms with van der Waals surface area (Å²) in [7, 11) is 0. The second-order valence-electron chi connectivity index (χ2n) is 5.93. The third kappa shape index (κ3) is 7.69. The van der Waals surface area contributed by atoms with Crippen LogP contribution >= 0.6 is 0 Å². The first-order valence-electron chi connectivity index (χ1n) is 6.23. The normalized spacial score (nSPS) is 13.9. The Bertz CT molecular complexity index is 206. The highest BCUT2D eigenvalue weighted by Gasteiger charge is 2.20. The van der Waals surface area contributed by atoms with E-state index in [2.05, 4.69) is 52.2 Å².